The Morgan fingerprint density at radius 2 is 2.13 bits per heavy atom. The smallest absolute Gasteiger partial charge is 0.318 e. The summed E-state index contributed by atoms with van der Waals surface area (Å²) in [6.45, 7) is 7.90. The van der Waals surface area contributed by atoms with Crippen molar-refractivity contribution >= 4 is 6.01 Å². The highest BCUT2D eigenvalue weighted by atomic mass is 16.4. The van der Waals surface area contributed by atoms with E-state index in [2.05, 4.69) is 28.9 Å². The van der Waals surface area contributed by atoms with E-state index in [1.807, 2.05) is 6.92 Å². The molecular formula is C10H20N4O. The van der Waals surface area contributed by atoms with Crippen molar-refractivity contribution in [2.75, 3.05) is 18.0 Å². The monoisotopic (exact) mass is 212 g/mol. The number of hydrogen-bond donors (Lipinski definition) is 1. The zero-order chi connectivity index (χ0) is 11.3. The van der Waals surface area contributed by atoms with Crippen LogP contribution < -0.4 is 10.6 Å². The molecule has 1 heterocycles. The highest BCUT2D eigenvalue weighted by Gasteiger charge is 2.14. The SMILES string of the molecule is CCCCN(CC)c1nnc(C(C)N)o1. The van der Waals surface area contributed by atoms with Crippen LogP contribution in [-0.2, 0) is 0 Å². The molecule has 1 aromatic heterocycles. The van der Waals surface area contributed by atoms with Crippen LogP contribution in [0.15, 0.2) is 4.42 Å². The second kappa shape index (κ2) is 5.70. The second-order valence-electron chi connectivity index (χ2n) is 3.64. The van der Waals surface area contributed by atoms with E-state index < -0.39 is 0 Å². The molecule has 0 saturated heterocycles. The van der Waals surface area contributed by atoms with Gasteiger partial charge in [-0.3, -0.25) is 0 Å². The van der Waals surface area contributed by atoms with Crippen LogP contribution in [0.2, 0.25) is 0 Å². The molecule has 2 N–H and O–H groups in total. The van der Waals surface area contributed by atoms with Gasteiger partial charge in [0.05, 0.1) is 6.04 Å². The molecule has 1 atom stereocenters. The van der Waals surface area contributed by atoms with Crippen molar-refractivity contribution in [3.05, 3.63) is 5.89 Å². The minimum atomic E-state index is -0.198. The molecule has 5 nitrogen and oxygen atoms in total. The molecular weight excluding hydrogens is 192 g/mol. The summed E-state index contributed by atoms with van der Waals surface area (Å²) in [7, 11) is 0. The van der Waals surface area contributed by atoms with Gasteiger partial charge < -0.3 is 15.1 Å². The van der Waals surface area contributed by atoms with Gasteiger partial charge in [0.1, 0.15) is 0 Å². The Balaban J connectivity index is 2.65. The Morgan fingerprint density at radius 1 is 1.40 bits per heavy atom. The van der Waals surface area contributed by atoms with E-state index in [9.17, 15) is 0 Å². The van der Waals surface area contributed by atoms with Crippen LogP contribution in [0.25, 0.3) is 0 Å². The number of rotatable bonds is 6. The maximum absolute atomic E-state index is 5.65. The van der Waals surface area contributed by atoms with Crippen molar-refractivity contribution in [3.63, 3.8) is 0 Å². The third-order valence-electron chi connectivity index (χ3n) is 2.25. The molecule has 0 spiro atoms. The summed E-state index contributed by atoms with van der Waals surface area (Å²) in [5.74, 6) is 0.500. The summed E-state index contributed by atoms with van der Waals surface area (Å²) < 4.78 is 5.47. The minimum absolute atomic E-state index is 0.198. The highest BCUT2D eigenvalue weighted by molar-refractivity contribution is 5.23. The first-order valence-corrected chi connectivity index (χ1v) is 5.53. The third kappa shape index (κ3) is 3.20. The Kier molecular flexibility index (Phi) is 4.55. The standard InChI is InChI=1S/C10H20N4O/c1-4-6-7-14(5-2)10-13-12-9(15-10)8(3)11/h8H,4-7,11H2,1-3H3. The van der Waals surface area contributed by atoms with Gasteiger partial charge in [0, 0.05) is 13.1 Å². The fraction of sp³-hybridized carbons (Fsp3) is 0.800. The van der Waals surface area contributed by atoms with Gasteiger partial charge in [-0.1, -0.05) is 18.4 Å². The van der Waals surface area contributed by atoms with E-state index in [-0.39, 0.29) is 6.04 Å². The fourth-order valence-electron chi connectivity index (χ4n) is 1.28. The molecule has 86 valence electrons. The predicted molar refractivity (Wildman–Crippen MR) is 59.7 cm³/mol. The number of unbranched alkanes of at least 4 members (excludes halogenated alkanes) is 1. The van der Waals surface area contributed by atoms with Gasteiger partial charge in [0.2, 0.25) is 5.89 Å². The fourth-order valence-corrected chi connectivity index (χ4v) is 1.28. The van der Waals surface area contributed by atoms with E-state index in [1.165, 1.54) is 0 Å². The van der Waals surface area contributed by atoms with Crippen LogP contribution >= 0.6 is 0 Å². The van der Waals surface area contributed by atoms with E-state index in [0.29, 0.717) is 11.9 Å². The summed E-state index contributed by atoms with van der Waals surface area (Å²) in [5.41, 5.74) is 5.65. The predicted octanol–water partition coefficient (Wildman–Crippen LogP) is 1.72. The first kappa shape index (κ1) is 12.0. The molecule has 0 aliphatic rings. The lowest BCUT2D eigenvalue weighted by molar-refractivity contribution is 0.455. The van der Waals surface area contributed by atoms with E-state index in [0.717, 1.165) is 25.9 Å². The van der Waals surface area contributed by atoms with E-state index >= 15 is 0 Å². The summed E-state index contributed by atoms with van der Waals surface area (Å²) in [6.07, 6.45) is 2.29. The summed E-state index contributed by atoms with van der Waals surface area (Å²) >= 11 is 0. The number of hydrogen-bond acceptors (Lipinski definition) is 5. The summed E-state index contributed by atoms with van der Waals surface area (Å²) in [4.78, 5) is 2.07. The Hall–Kier alpha value is -1.10. The number of nitrogens with zero attached hydrogens (tertiary/aromatic N) is 3. The molecule has 1 aromatic rings. The lowest BCUT2D eigenvalue weighted by atomic mass is 10.3. The van der Waals surface area contributed by atoms with Crippen LogP contribution in [0.3, 0.4) is 0 Å². The quantitative estimate of drug-likeness (QED) is 0.777. The Labute approximate surface area is 90.7 Å². The van der Waals surface area contributed by atoms with Crippen LogP contribution in [0.4, 0.5) is 6.01 Å². The number of anilines is 1. The Bertz CT molecular complexity index is 285. The highest BCUT2D eigenvalue weighted by Crippen LogP contribution is 2.15. The van der Waals surface area contributed by atoms with Gasteiger partial charge in [-0.05, 0) is 20.3 Å². The summed E-state index contributed by atoms with van der Waals surface area (Å²) in [5, 5.41) is 7.90. The molecule has 0 saturated carbocycles. The van der Waals surface area contributed by atoms with Crippen molar-refractivity contribution in [3.8, 4) is 0 Å². The molecule has 0 aliphatic carbocycles. The van der Waals surface area contributed by atoms with Gasteiger partial charge >= 0.3 is 6.01 Å². The maximum atomic E-state index is 5.65. The molecule has 0 aliphatic heterocycles. The van der Waals surface area contributed by atoms with Crippen LogP contribution in [0, 0.1) is 0 Å². The normalized spacial score (nSPS) is 12.8. The van der Waals surface area contributed by atoms with Gasteiger partial charge in [-0.2, -0.15) is 0 Å². The van der Waals surface area contributed by atoms with Crippen molar-refractivity contribution in [1.82, 2.24) is 10.2 Å². The molecule has 5 heteroatoms. The second-order valence-corrected chi connectivity index (χ2v) is 3.64. The lowest BCUT2D eigenvalue weighted by Crippen LogP contribution is -2.24. The average molecular weight is 212 g/mol. The average Bonchev–Trinajstić information content (AvgIpc) is 2.68. The van der Waals surface area contributed by atoms with Crippen molar-refractivity contribution in [1.29, 1.82) is 0 Å². The maximum Gasteiger partial charge on any atom is 0.318 e. The van der Waals surface area contributed by atoms with Crippen LogP contribution in [-0.4, -0.2) is 23.3 Å². The van der Waals surface area contributed by atoms with Gasteiger partial charge in [-0.15, -0.1) is 5.10 Å². The zero-order valence-electron chi connectivity index (χ0n) is 9.73. The number of aromatic nitrogens is 2. The lowest BCUT2D eigenvalue weighted by Gasteiger charge is -2.16. The molecule has 15 heavy (non-hydrogen) atoms. The van der Waals surface area contributed by atoms with Crippen molar-refractivity contribution in [2.24, 2.45) is 5.73 Å². The van der Waals surface area contributed by atoms with Crippen molar-refractivity contribution in [2.45, 2.75) is 39.7 Å². The first-order chi connectivity index (χ1) is 7.19. The van der Waals surface area contributed by atoms with Gasteiger partial charge in [0.25, 0.3) is 0 Å². The van der Waals surface area contributed by atoms with E-state index in [4.69, 9.17) is 10.2 Å². The minimum Gasteiger partial charge on any atom is -0.406 e. The molecule has 1 rings (SSSR count). The third-order valence-corrected chi connectivity index (χ3v) is 2.25. The first-order valence-electron chi connectivity index (χ1n) is 5.53. The van der Waals surface area contributed by atoms with Gasteiger partial charge in [0.15, 0.2) is 0 Å². The molecule has 1 unspecified atom stereocenters. The van der Waals surface area contributed by atoms with E-state index in [1.54, 1.807) is 0 Å². The van der Waals surface area contributed by atoms with Crippen LogP contribution in [0.5, 0.6) is 0 Å². The molecule has 0 bridgehead atoms. The Morgan fingerprint density at radius 3 is 2.60 bits per heavy atom. The molecule has 0 amide bonds. The molecule has 0 fully saturated rings. The van der Waals surface area contributed by atoms with Gasteiger partial charge in [-0.25, -0.2) is 0 Å². The zero-order valence-corrected chi connectivity index (χ0v) is 9.73. The summed E-state index contributed by atoms with van der Waals surface area (Å²) in [6, 6.07) is 0.384. The number of nitrogens with two attached hydrogens (primary N) is 1. The largest absolute Gasteiger partial charge is 0.406 e. The topological polar surface area (TPSA) is 68.2 Å². The molecule has 0 aromatic carbocycles. The van der Waals surface area contributed by atoms with Crippen molar-refractivity contribution < 1.29 is 4.42 Å². The van der Waals surface area contributed by atoms with Crippen LogP contribution in [0.1, 0.15) is 45.5 Å². The molecule has 0 radical (unpaired) electrons.